The number of halogens is 1. The van der Waals surface area contributed by atoms with Crippen LogP contribution in [0.15, 0.2) is 35.9 Å². The SMILES string of the molecule is CCCCn1c(C)cc(/C=C(\C#N)C(=O)O[C@H](C)C(=O)Nc2cccc(F)c2)c1C. The van der Waals surface area contributed by atoms with Crippen LogP contribution < -0.4 is 5.32 Å². The third-order valence-corrected chi connectivity index (χ3v) is 4.73. The van der Waals surface area contributed by atoms with E-state index >= 15 is 0 Å². The number of rotatable bonds is 8. The number of hydrogen-bond donors (Lipinski definition) is 1. The van der Waals surface area contributed by atoms with Crippen molar-refractivity contribution in [2.75, 3.05) is 5.32 Å². The lowest BCUT2D eigenvalue weighted by Crippen LogP contribution is -2.30. The lowest BCUT2D eigenvalue weighted by molar-refractivity contribution is -0.148. The Bertz CT molecular complexity index is 1000. The first kappa shape index (κ1) is 22.9. The molecule has 0 unspecified atom stereocenters. The van der Waals surface area contributed by atoms with Crippen LogP contribution in [0.2, 0.25) is 0 Å². The summed E-state index contributed by atoms with van der Waals surface area (Å²) >= 11 is 0. The number of esters is 1. The summed E-state index contributed by atoms with van der Waals surface area (Å²) < 4.78 is 20.5. The van der Waals surface area contributed by atoms with E-state index in [0.717, 1.165) is 42.4 Å². The zero-order valence-corrected chi connectivity index (χ0v) is 17.7. The standard InChI is InChI=1S/C23H26FN3O3/c1-5-6-10-27-15(2)11-18(16(27)3)12-19(14-25)23(29)30-17(4)22(28)26-21-9-7-8-20(24)13-21/h7-9,11-13,17H,5-6,10H2,1-4H3,(H,26,28)/b19-12+/t17-/m1/s1. The summed E-state index contributed by atoms with van der Waals surface area (Å²) in [4.78, 5) is 24.6. The van der Waals surface area contributed by atoms with Gasteiger partial charge in [0.15, 0.2) is 6.10 Å². The molecule has 0 aliphatic rings. The average molecular weight is 411 g/mol. The van der Waals surface area contributed by atoms with Gasteiger partial charge in [0.1, 0.15) is 17.5 Å². The molecule has 158 valence electrons. The summed E-state index contributed by atoms with van der Waals surface area (Å²) in [5, 5.41) is 11.9. The smallest absolute Gasteiger partial charge is 0.349 e. The Hall–Kier alpha value is -3.40. The maximum Gasteiger partial charge on any atom is 0.349 e. The van der Waals surface area contributed by atoms with Gasteiger partial charge in [-0.25, -0.2) is 9.18 Å². The molecule has 0 aliphatic carbocycles. The predicted octanol–water partition coefficient (Wildman–Crippen LogP) is 4.52. The molecule has 6 nitrogen and oxygen atoms in total. The second-order valence-corrected chi connectivity index (χ2v) is 7.05. The third kappa shape index (κ3) is 5.80. The fourth-order valence-corrected chi connectivity index (χ4v) is 3.01. The third-order valence-electron chi connectivity index (χ3n) is 4.73. The van der Waals surface area contributed by atoms with Gasteiger partial charge in [0.2, 0.25) is 0 Å². The molecule has 0 bridgehead atoms. The highest BCUT2D eigenvalue weighted by Gasteiger charge is 2.21. The summed E-state index contributed by atoms with van der Waals surface area (Å²) in [5.41, 5.74) is 2.81. The number of nitrogens with one attached hydrogen (secondary N) is 1. The molecule has 1 heterocycles. The molecule has 1 N–H and O–H groups in total. The number of nitriles is 1. The highest BCUT2D eigenvalue weighted by atomic mass is 19.1. The molecule has 30 heavy (non-hydrogen) atoms. The van der Waals surface area contributed by atoms with Gasteiger partial charge in [-0.05, 0) is 63.1 Å². The molecule has 0 aliphatic heterocycles. The number of aromatic nitrogens is 1. The molecule has 1 atom stereocenters. The van der Waals surface area contributed by atoms with Crippen molar-refractivity contribution < 1.29 is 18.7 Å². The summed E-state index contributed by atoms with van der Waals surface area (Å²) in [5.74, 6) is -2.01. The summed E-state index contributed by atoms with van der Waals surface area (Å²) in [6.45, 7) is 8.28. The second kappa shape index (κ2) is 10.4. The topological polar surface area (TPSA) is 84.1 Å². The molecular formula is C23H26FN3O3. The molecule has 7 heteroatoms. The van der Waals surface area contributed by atoms with Crippen LogP contribution in [0.4, 0.5) is 10.1 Å². The van der Waals surface area contributed by atoms with E-state index in [1.54, 1.807) is 0 Å². The van der Waals surface area contributed by atoms with Crippen LogP contribution >= 0.6 is 0 Å². The first-order valence-corrected chi connectivity index (χ1v) is 9.82. The molecule has 0 radical (unpaired) electrons. The van der Waals surface area contributed by atoms with Gasteiger partial charge < -0.3 is 14.6 Å². The van der Waals surface area contributed by atoms with E-state index in [1.165, 1.54) is 31.2 Å². The zero-order chi connectivity index (χ0) is 22.3. The van der Waals surface area contributed by atoms with Crippen LogP contribution in [-0.4, -0.2) is 22.5 Å². The maximum absolute atomic E-state index is 13.2. The fraction of sp³-hybridized carbons (Fsp3) is 0.348. The number of amides is 1. The van der Waals surface area contributed by atoms with E-state index in [1.807, 2.05) is 26.0 Å². The van der Waals surface area contributed by atoms with Crippen LogP contribution in [0.5, 0.6) is 0 Å². The van der Waals surface area contributed by atoms with E-state index in [-0.39, 0.29) is 11.3 Å². The minimum Gasteiger partial charge on any atom is -0.448 e. The van der Waals surface area contributed by atoms with Crippen molar-refractivity contribution in [2.45, 2.75) is 53.2 Å². The lowest BCUT2D eigenvalue weighted by atomic mass is 10.1. The number of benzene rings is 1. The van der Waals surface area contributed by atoms with Gasteiger partial charge >= 0.3 is 5.97 Å². The number of carbonyl (C=O) groups excluding carboxylic acids is 2. The summed E-state index contributed by atoms with van der Waals surface area (Å²) in [7, 11) is 0. The van der Waals surface area contributed by atoms with Crippen molar-refractivity contribution >= 4 is 23.6 Å². The van der Waals surface area contributed by atoms with Crippen molar-refractivity contribution in [3.63, 3.8) is 0 Å². The predicted molar refractivity (Wildman–Crippen MR) is 113 cm³/mol. The highest BCUT2D eigenvalue weighted by Crippen LogP contribution is 2.20. The number of carbonyl (C=O) groups is 2. The lowest BCUT2D eigenvalue weighted by Gasteiger charge is -2.13. The number of anilines is 1. The van der Waals surface area contributed by atoms with Crippen molar-refractivity contribution in [3.05, 3.63) is 58.7 Å². The minimum absolute atomic E-state index is 0.198. The van der Waals surface area contributed by atoms with Crippen LogP contribution in [-0.2, 0) is 20.9 Å². The largest absolute Gasteiger partial charge is 0.448 e. The van der Waals surface area contributed by atoms with Gasteiger partial charge in [-0.2, -0.15) is 5.26 Å². The Morgan fingerprint density at radius 2 is 2.07 bits per heavy atom. The van der Waals surface area contributed by atoms with Crippen molar-refractivity contribution in [2.24, 2.45) is 0 Å². The van der Waals surface area contributed by atoms with Gasteiger partial charge in [-0.15, -0.1) is 0 Å². The Labute approximate surface area is 176 Å². The molecule has 2 rings (SSSR count). The van der Waals surface area contributed by atoms with Crippen molar-refractivity contribution in [1.29, 1.82) is 5.26 Å². The van der Waals surface area contributed by atoms with Crippen LogP contribution in [0.1, 0.15) is 43.6 Å². The summed E-state index contributed by atoms with van der Waals surface area (Å²) in [6, 6.07) is 9.14. The number of nitrogens with zero attached hydrogens (tertiary/aromatic N) is 2. The Kier molecular flexibility index (Phi) is 7.93. The molecule has 0 spiro atoms. The Balaban J connectivity index is 2.10. The Morgan fingerprint density at radius 1 is 1.33 bits per heavy atom. The van der Waals surface area contributed by atoms with Gasteiger partial charge in [0.25, 0.3) is 5.91 Å². The van der Waals surface area contributed by atoms with E-state index < -0.39 is 23.8 Å². The normalized spacial score (nSPS) is 12.2. The van der Waals surface area contributed by atoms with Crippen LogP contribution in [0.3, 0.4) is 0 Å². The van der Waals surface area contributed by atoms with E-state index in [9.17, 15) is 19.2 Å². The highest BCUT2D eigenvalue weighted by molar-refractivity contribution is 6.01. The number of hydrogen-bond acceptors (Lipinski definition) is 4. The first-order valence-electron chi connectivity index (χ1n) is 9.82. The van der Waals surface area contributed by atoms with Crippen molar-refractivity contribution in [3.8, 4) is 6.07 Å². The van der Waals surface area contributed by atoms with E-state index in [0.29, 0.717) is 0 Å². The van der Waals surface area contributed by atoms with E-state index in [2.05, 4.69) is 16.8 Å². The monoisotopic (exact) mass is 411 g/mol. The fourth-order valence-electron chi connectivity index (χ4n) is 3.01. The molecule has 0 saturated carbocycles. The Morgan fingerprint density at radius 3 is 2.70 bits per heavy atom. The zero-order valence-electron chi connectivity index (χ0n) is 17.7. The van der Waals surface area contributed by atoms with Crippen LogP contribution in [0, 0.1) is 31.0 Å². The van der Waals surface area contributed by atoms with E-state index in [4.69, 9.17) is 4.74 Å². The van der Waals surface area contributed by atoms with Gasteiger partial charge in [0.05, 0.1) is 0 Å². The van der Waals surface area contributed by atoms with Gasteiger partial charge in [0, 0.05) is 23.6 Å². The molecule has 0 saturated heterocycles. The van der Waals surface area contributed by atoms with Crippen LogP contribution in [0.25, 0.3) is 6.08 Å². The molecular weight excluding hydrogens is 385 g/mol. The van der Waals surface area contributed by atoms with Crippen molar-refractivity contribution in [1.82, 2.24) is 4.57 Å². The van der Waals surface area contributed by atoms with Gasteiger partial charge in [-0.1, -0.05) is 19.4 Å². The molecule has 1 aromatic heterocycles. The molecule has 2 aromatic rings. The number of unbranched alkanes of at least 4 members (excludes halogenated alkanes) is 1. The second-order valence-electron chi connectivity index (χ2n) is 7.05. The number of ether oxygens (including phenoxy) is 1. The average Bonchev–Trinajstić information content (AvgIpc) is 2.96. The first-order chi connectivity index (χ1) is 14.3. The minimum atomic E-state index is -1.16. The molecule has 0 fully saturated rings. The summed E-state index contributed by atoms with van der Waals surface area (Å²) in [6.07, 6.45) is 2.41. The quantitative estimate of drug-likeness (QED) is 0.393. The van der Waals surface area contributed by atoms with Gasteiger partial charge in [-0.3, -0.25) is 4.79 Å². The molecule has 1 amide bonds. The number of aryl methyl sites for hydroxylation is 1. The molecule has 1 aromatic carbocycles. The maximum atomic E-state index is 13.2.